The number of nitrogens with zero attached hydrogens (tertiary/aromatic N) is 1. The molecule has 0 spiro atoms. The van der Waals surface area contributed by atoms with Crippen LogP contribution in [0.3, 0.4) is 0 Å². The molecule has 0 radical (unpaired) electrons. The van der Waals surface area contributed by atoms with Gasteiger partial charge in [-0.1, -0.05) is 6.92 Å². The van der Waals surface area contributed by atoms with Gasteiger partial charge in [0.15, 0.2) is 4.67 Å². The number of likely N-dealkylation sites (tertiary alicyclic amines) is 1. The highest BCUT2D eigenvalue weighted by Crippen LogP contribution is 2.27. The molecule has 92 valence electrons. The Hall–Kier alpha value is -1.30. The topological polar surface area (TPSA) is 70.8 Å². The molecule has 5 nitrogen and oxygen atoms in total. The summed E-state index contributed by atoms with van der Waals surface area (Å²) in [5.41, 5.74) is 0.434. The van der Waals surface area contributed by atoms with Gasteiger partial charge in [-0.25, -0.2) is 0 Å². The Kier molecular flexibility index (Phi) is 3.24. The Morgan fingerprint density at radius 3 is 2.71 bits per heavy atom. The number of carbonyl (C=O) groups is 2. The molecule has 1 saturated heterocycles. The molecular formula is C11H12BrNO4. The van der Waals surface area contributed by atoms with Crippen molar-refractivity contribution in [2.75, 3.05) is 13.1 Å². The van der Waals surface area contributed by atoms with Gasteiger partial charge < -0.3 is 14.4 Å². The number of rotatable bonds is 2. The third kappa shape index (κ3) is 2.22. The van der Waals surface area contributed by atoms with Crippen molar-refractivity contribution in [3.05, 3.63) is 22.6 Å². The van der Waals surface area contributed by atoms with E-state index in [0.717, 1.165) is 0 Å². The maximum Gasteiger partial charge on any atom is 0.308 e. The van der Waals surface area contributed by atoms with E-state index in [4.69, 9.17) is 9.52 Å². The number of hydrogen-bond acceptors (Lipinski definition) is 3. The second kappa shape index (κ2) is 4.52. The van der Waals surface area contributed by atoms with E-state index >= 15 is 0 Å². The lowest BCUT2D eigenvalue weighted by Crippen LogP contribution is -2.29. The van der Waals surface area contributed by atoms with E-state index < -0.39 is 11.9 Å². The van der Waals surface area contributed by atoms with Gasteiger partial charge in [-0.15, -0.1) is 0 Å². The fourth-order valence-electron chi connectivity index (χ4n) is 2.07. The lowest BCUT2D eigenvalue weighted by molar-refractivity contribution is -0.142. The zero-order chi connectivity index (χ0) is 12.6. The molecule has 0 saturated carbocycles. The first-order chi connectivity index (χ1) is 8.00. The summed E-state index contributed by atoms with van der Waals surface area (Å²) in [6.07, 6.45) is 1.42. The second-order valence-electron chi connectivity index (χ2n) is 4.24. The molecule has 1 fully saturated rings. The number of carboxylic acid groups (broad SMARTS) is 1. The molecule has 1 N–H and O–H groups in total. The van der Waals surface area contributed by atoms with Gasteiger partial charge in [0.1, 0.15) is 0 Å². The smallest absolute Gasteiger partial charge is 0.308 e. The maximum absolute atomic E-state index is 12.1. The Morgan fingerprint density at radius 2 is 2.24 bits per heavy atom. The van der Waals surface area contributed by atoms with Crippen LogP contribution in [0.1, 0.15) is 17.3 Å². The van der Waals surface area contributed by atoms with Crippen molar-refractivity contribution in [3.63, 3.8) is 0 Å². The van der Waals surface area contributed by atoms with E-state index in [9.17, 15) is 9.59 Å². The highest BCUT2D eigenvalue weighted by Gasteiger charge is 2.37. The van der Waals surface area contributed by atoms with Gasteiger partial charge in [0.05, 0.1) is 17.7 Å². The van der Waals surface area contributed by atoms with Crippen molar-refractivity contribution in [2.45, 2.75) is 6.92 Å². The normalized spacial score (nSPS) is 24.0. The zero-order valence-corrected chi connectivity index (χ0v) is 10.8. The highest BCUT2D eigenvalue weighted by molar-refractivity contribution is 9.10. The summed E-state index contributed by atoms with van der Waals surface area (Å²) >= 11 is 3.14. The average molecular weight is 302 g/mol. The molecule has 1 amide bonds. The Bertz CT molecular complexity index is 456. The van der Waals surface area contributed by atoms with Crippen molar-refractivity contribution < 1.29 is 19.1 Å². The van der Waals surface area contributed by atoms with Crippen LogP contribution in [0.25, 0.3) is 0 Å². The highest BCUT2D eigenvalue weighted by atomic mass is 79.9. The lowest BCUT2D eigenvalue weighted by atomic mass is 9.99. The van der Waals surface area contributed by atoms with Crippen molar-refractivity contribution >= 4 is 27.8 Å². The minimum atomic E-state index is -0.848. The molecule has 0 unspecified atom stereocenters. The van der Waals surface area contributed by atoms with E-state index in [1.807, 2.05) is 6.92 Å². The SMILES string of the molecule is C[C@@H]1CN(C(=O)c2ccoc2Br)C[C@H]1C(=O)O. The van der Waals surface area contributed by atoms with Crippen LogP contribution in [0.5, 0.6) is 0 Å². The molecule has 1 aromatic rings. The molecule has 2 atom stereocenters. The molecule has 1 aromatic heterocycles. The molecule has 1 aliphatic rings. The third-order valence-corrected chi connectivity index (χ3v) is 3.68. The molecule has 0 aromatic carbocycles. The zero-order valence-electron chi connectivity index (χ0n) is 9.22. The van der Waals surface area contributed by atoms with Crippen LogP contribution < -0.4 is 0 Å². The molecule has 0 bridgehead atoms. The van der Waals surface area contributed by atoms with Crippen LogP contribution in [0.4, 0.5) is 0 Å². The van der Waals surface area contributed by atoms with Crippen LogP contribution in [0.2, 0.25) is 0 Å². The maximum atomic E-state index is 12.1. The van der Waals surface area contributed by atoms with Gasteiger partial charge in [0.2, 0.25) is 0 Å². The van der Waals surface area contributed by atoms with Crippen LogP contribution in [-0.2, 0) is 4.79 Å². The summed E-state index contributed by atoms with van der Waals surface area (Å²) in [4.78, 5) is 24.6. The summed E-state index contributed by atoms with van der Waals surface area (Å²) in [5.74, 6) is -1.55. The van der Waals surface area contributed by atoms with Gasteiger partial charge in [-0.2, -0.15) is 0 Å². The standard InChI is InChI=1S/C11H12BrNO4/c1-6-4-13(5-8(6)11(15)16)10(14)7-2-3-17-9(7)12/h2-3,6,8H,4-5H2,1H3,(H,15,16)/t6-,8-/m1/s1. The minimum absolute atomic E-state index is 0.0258. The van der Waals surface area contributed by atoms with Gasteiger partial charge in [-0.3, -0.25) is 9.59 Å². The molecule has 1 aliphatic heterocycles. The lowest BCUT2D eigenvalue weighted by Gasteiger charge is -2.14. The average Bonchev–Trinajstić information content (AvgIpc) is 2.83. The van der Waals surface area contributed by atoms with Crippen molar-refractivity contribution in [2.24, 2.45) is 11.8 Å². The number of amides is 1. The predicted molar refractivity (Wildman–Crippen MR) is 62.6 cm³/mol. The van der Waals surface area contributed by atoms with E-state index in [-0.39, 0.29) is 18.4 Å². The fraction of sp³-hybridized carbons (Fsp3) is 0.455. The van der Waals surface area contributed by atoms with Gasteiger partial charge in [-0.05, 0) is 27.9 Å². The van der Waals surface area contributed by atoms with E-state index in [1.165, 1.54) is 6.26 Å². The van der Waals surface area contributed by atoms with Crippen molar-refractivity contribution in [1.82, 2.24) is 4.90 Å². The molecule has 2 rings (SSSR count). The molecule has 6 heteroatoms. The number of carbonyl (C=O) groups excluding carboxylic acids is 1. The Labute approximate surface area is 107 Å². The molecular weight excluding hydrogens is 290 g/mol. The van der Waals surface area contributed by atoms with Crippen LogP contribution in [0, 0.1) is 11.8 Å². The van der Waals surface area contributed by atoms with Crippen LogP contribution in [0.15, 0.2) is 21.4 Å². The van der Waals surface area contributed by atoms with E-state index in [0.29, 0.717) is 16.8 Å². The van der Waals surface area contributed by atoms with E-state index in [2.05, 4.69) is 15.9 Å². The summed E-state index contributed by atoms with van der Waals surface area (Å²) in [7, 11) is 0. The monoisotopic (exact) mass is 301 g/mol. The van der Waals surface area contributed by atoms with Crippen LogP contribution in [-0.4, -0.2) is 35.0 Å². The molecule has 2 heterocycles. The first-order valence-electron chi connectivity index (χ1n) is 5.25. The minimum Gasteiger partial charge on any atom is -0.481 e. The molecule has 0 aliphatic carbocycles. The number of furan rings is 1. The summed E-state index contributed by atoms with van der Waals surface area (Å²) < 4.78 is 5.38. The van der Waals surface area contributed by atoms with Gasteiger partial charge >= 0.3 is 5.97 Å². The summed E-state index contributed by atoms with van der Waals surface area (Å²) in [6.45, 7) is 2.57. The fourth-order valence-corrected chi connectivity index (χ4v) is 2.48. The van der Waals surface area contributed by atoms with Crippen molar-refractivity contribution in [3.8, 4) is 0 Å². The number of carboxylic acids is 1. The number of aliphatic carboxylic acids is 1. The Balaban J connectivity index is 2.13. The first-order valence-corrected chi connectivity index (χ1v) is 6.05. The quantitative estimate of drug-likeness (QED) is 0.905. The van der Waals surface area contributed by atoms with Gasteiger partial charge in [0.25, 0.3) is 5.91 Å². The third-order valence-electron chi connectivity index (χ3n) is 3.07. The first kappa shape index (κ1) is 12.2. The van der Waals surface area contributed by atoms with Gasteiger partial charge in [0, 0.05) is 13.1 Å². The number of halogens is 1. The van der Waals surface area contributed by atoms with Crippen molar-refractivity contribution in [1.29, 1.82) is 0 Å². The second-order valence-corrected chi connectivity index (χ2v) is 4.96. The summed E-state index contributed by atoms with van der Waals surface area (Å²) in [6, 6.07) is 1.57. The predicted octanol–water partition coefficient (Wildman–Crippen LogP) is 1.83. The van der Waals surface area contributed by atoms with E-state index in [1.54, 1.807) is 11.0 Å². The largest absolute Gasteiger partial charge is 0.481 e. The Morgan fingerprint density at radius 1 is 1.53 bits per heavy atom. The summed E-state index contributed by atoms with van der Waals surface area (Å²) in [5, 5.41) is 9.00. The molecule has 17 heavy (non-hydrogen) atoms. The number of hydrogen-bond donors (Lipinski definition) is 1. The van der Waals surface area contributed by atoms with Crippen LogP contribution >= 0.6 is 15.9 Å².